The summed E-state index contributed by atoms with van der Waals surface area (Å²) in [6, 6.07) is 5.88. The van der Waals surface area contributed by atoms with Crippen molar-refractivity contribution in [3.8, 4) is 5.75 Å². The summed E-state index contributed by atoms with van der Waals surface area (Å²) >= 11 is 5.71. The molecule has 0 saturated carbocycles. The number of nitrogens with one attached hydrogen (secondary N) is 1. The van der Waals surface area contributed by atoms with E-state index in [1.165, 1.54) is 12.1 Å². The van der Waals surface area contributed by atoms with Gasteiger partial charge in [0.25, 0.3) is 0 Å². The summed E-state index contributed by atoms with van der Waals surface area (Å²) in [5.41, 5.74) is 0.917. The normalized spacial score (nSPS) is 13.2. The molecule has 0 aliphatic heterocycles. The zero-order chi connectivity index (χ0) is 15.0. The van der Waals surface area contributed by atoms with Gasteiger partial charge in [0.2, 0.25) is 0 Å². The topological polar surface area (TPSA) is 21.3 Å². The Morgan fingerprint density at radius 1 is 1.25 bits per heavy atom. The first-order chi connectivity index (χ1) is 9.44. The standard InChI is InChI=1S/C14H19ClF3NO/c1-2-11(7-8-15)9-19-10-12-3-5-13(6-4-12)20-14(16,17)18/h3-6,11,19H,2,7-10H2,1H3. The molecular formula is C14H19ClF3NO. The van der Waals surface area contributed by atoms with Crippen LogP contribution in [0.4, 0.5) is 13.2 Å². The van der Waals surface area contributed by atoms with Gasteiger partial charge in [-0.25, -0.2) is 0 Å². The molecule has 1 N–H and O–H groups in total. The van der Waals surface area contributed by atoms with Gasteiger partial charge in [-0.2, -0.15) is 0 Å². The average Bonchev–Trinajstić information content (AvgIpc) is 2.38. The summed E-state index contributed by atoms with van der Waals surface area (Å²) in [7, 11) is 0. The van der Waals surface area contributed by atoms with Gasteiger partial charge in [-0.15, -0.1) is 24.8 Å². The molecule has 0 aromatic heterocycles. The first-order valence-corrected chi connectivity index (χ1v) is 7.09. The molecule has 0 bridgehead atoms. The average molecular weight is 310 g/mol. The lowest BCUT2D eigenvalue weighted by Crippen LogP contribution is -2.22. The van der Waals surface area contributed by atoms with Crippen LogP contribution in [-0.4, -0.2) is 18.8 Å². The van der Waals surface area contributed by atoms with Gasteiger partial charge >= 0.3 is 6.36 Å². The van der Waals surface area contributed by atoms with Gasteiger partial charge in [-0.3, -0.25) is 0 Å². The molecule has 0 amide bonds. The van der Waals surface area contributed by atoms with Crippen molar-refractivity contribution in [1.29, 1.82) is 0 Å². The zero-order valence-corrected chi connectivity index (χ0v) is 12.1. The number of benzene rings is 1. The van der Waals surface area contributed by atoms with Crippen LogP contribution in [0, 0.1) is 5.92 Å². The lowest BCUT2D eigenvalue weighted by Gasteiger charge is -2.14. The highest BCUT2D eigenvalue weighted by molar-refractivity contribution is 6.17. The van der Waals surface area contributed by atoms with Gasteiger partial charge in [-0.1, -0.05) is 25.5 Å². The van der Waals surface area contributed by atoms with E-state index in [2.05, 4.69) is 17.0 Å². The van der Waals surface area contributed by atoms with E-state index >= 15 is 0 Å². The van der Waals surface area contributed by atoms with Crippen molar-refractivity contribution in [3.05, 3.63) is 29.8 Å². The fourth-order valence-electron chi connectivity index (χ4n) is 1.83. The minimum atomic E-state index is -4.64. The predicted molar refractivity (Wildman–Crippen MR) is 73.9 cm³/mol. The largest absolute Gasteiger partial charge is 0.573 e. The molecule has 6 heteroatoms. The van der Waals surface area contributed by atoms with Crippen molar-refractivity contribution in [2.45, 2.75) is 32.7 Å². The molecule has 1 aromatic carbocycles. The van der Waals surface area contributed by atoms with Gasteiger partial charge in [-0.05, 0) is 36.6 Å². The van der Waals surface area contributed by atoms with Crippen LogP contribution in [-0.2, 0) is 6.54 Å². The summed E-state index contributed by atoms with van der Waals surface area (Å²) in [6.45, 7) is 3.58. The summed E-state index contributed by atoms with van der Waals surface area (Å²) in [6.07, 6.45) is -2.63. The number of hydrogen-bond donors (Lipinski definition) is 1. The van der Waals surface area contributed by atoms with Gasteiger partial charge in [0.05, 0.1) is 0 Å². The quantitative estimate of drug-likeness (QED) is 0.722. The summed E-state index contributed by atoms with van der Waals surface area (Å²) in [4.78, 5) is 0. The molecule has 1 rings (SSSR count). The van der Waals surface area contributed by atoms with Crippen LogP contribution in [0.2, 0.25) is 0 Å². The van der Waals surface area contributed by atoms with Crippen molar-refractivity contribution < 1.29 is 17.9 Å². The zero-order valence-electron chi connectivity index (χ0n) is 11.3. The van der Waals surface area contributed by atoms with Crippen molar-refractivity contribution >= 4 is 11.6 Å². The Bertz CT molecular complexity index is 381. The Balaban J connectivity index is 2.38. The second-order valence-electron chi connectivity index (χ2n) is 4.57. The molecule has 20 heavy (non-hydrogen) atoms. The monoisotopic (exact) mass is 309 g/mol. The van der Waals surface area contributed by atoms with Crippen LogP contribution in [0.25, 0.3) is 0 Å². The van der Waals surface area contributed by atoms with Crippen LogP contribution in [0.5, 0.6) is 5.75 Å². The Morgan fingerprint density at radius 3 is 2.40 bits per heavy atom. The molecular weight excluding hydrogens is 291 g/mol. The summed E-state index contributed by atoms with van der Waals surface area (Å²) in [5.74, 6) is 0.971. The van der Waals surface area contributed by atoms with E-state index < -0.39 is 6.36 Å². The van der Waals surface area contributed by atoms with Crippen LogP contribution in [0.1, 0.15) is 25.3 Å². The molecule has 0 spiro atoms. The molecule has 0 saturated heterocycles. The Kier molecular flexibility index (Phi) is 7.16. The fourth-order valence-corrected chi connectivity index (χ4v) is 2.14. The highest BCUT2D eigenvalue weighted by atomic mass is 35.5. The number of ether oxygens (including phenoxy) is 1. The van der Waals surface area contributed by atoms with Gasteiger partial charge in [0.15, 0.2) is 0 Å². The van der Waals surface area contributed by atoms with Crippen LogP contribution < -0.4 is 10.1 Å². The van der Waals surface area contributed by atoms with Gasteiger partial charge < -0.3 is 10.1 Å². The maximum absolute atomic E-state index is 12.0. The van der Waals surface area contributed by atoms with Crippen molar-refractivity contribution in [1.82, 2.24) is 5.32 Å². The van der Waals surface area contributed by atoms with Gasteiger partial charge in [0, 0.05) is 12.4 Å². The smallest absolute Gasteiger partial charge is 0.406 e. The van der Waals surface area contributed by atoms with Crippen LogP contribution >= 0.6 is 11.6 Å². The van der Waals surface area contributed by atoms with Gasteiger partial charge in [0.1, 0.15) is 5.75 Å². The van der Waals surface area contributed by atoms with E-state index in [0.717, 1.165) is 24.9 Å². The second kappa shape index (κ2) is 8.37. The van der Waals surface area contributed by atoms with E-state index in [1.54, 1.807) is 12.1 Å². The maximum atomic E-state index is 12.0. The molecule has 0 heterocycles. The number of halogens is 4. The Labute approximate surface area is 122 Å². The minimum Gasteiger partial charge on any atom is -0.406 e. The number of rotatable bonds is 8. The van der Waals surface area contributed by atoms with Crippen LogP contribution in [0.15, 0.2) is 24.3 Å². The molecule has 0 radical (unpaired) electrons. The molecule has 114 valence electrons. The van der Waals surface area contributed by atoms with Crippen molar-refractivity contribution in [2.75, 3.05) is 12.4 Å². The molecule has 0 aliphatic carbocycles. The highest BCUT2D eigenvalue weighted by Gasteiger charge is 2.30. The minimum absolute atomic E-state index is 0.199. The lowest BCUT2D eigenvalue weighted by atomic mass is 10.0. The maximum Gasteiger partial charge on any atom is 0.573 e. The lowest BCUT2D eigenvalue weighted by molar-refractivity contribution is -0.274. The van der Waals surface area contributed by atoms with E-state index in [0.29, 0.717) is 18.3 Å². The summed E-state index contributed by atoms with van der Waals surface area (Å²) < 4.78 is 39.8. The Hall–Kier alpha value is -0.940. The molecule has 2 nitrogen and oxygen atoms in total. The third-order valence-electron chi connectivity index (χ3n) is 3.01. The highest BCUT2D eigenvalue weighted by Crippen LogP contribution is 2.22. The van der Waals surface area contributed by atoms with E-state index in [1.807, 2.05) is 0 Å². The molecule has 1 unspecified atom stereocenters. The van der Waals surface area contributed by atoms with E-state index in [4.69, 9.17) is 11.6 Å². The SMILES string of the molecule is CCC(CCCl)CNCc1ccc(OC(F)(F)F)cc1. The van der Waals surface area contributed by atoms with Crippen LogP contribution in [0.3, 0.4) is 0 Å². The second-order valence-corrected chi connectivity index (χ2v) is 4.95. The van der Waals surface area contributed by atoms with Crippen molar-refractivity contribution in [3.63, 3.8) is 0 Å². The first kappa shape index (κ1) is 17.1. The first-order valence-electron chi connectivity index (χ1n) is 6.56. The Morgan fingerprint density at radius 2 is 1.90 bits per heavy atom. The molecule has 0 fully saturated rings. The number of alkyl halides is 4. The van der Waals surface area contributed by atoms with E-state index in [9.17, 15) is 13.2 Å². The third kappa shape index (κ3) is 7.01. The predicted octanol–water partition coefficient (Wildman–Crippen LogP) is 4.33. The fraction of sp³-hybridized carbons (Fsp3) is 0.571. The molecule has 1 atom stereocenters. The molecule has 0 aliphatic rings. The number of hydrogen-bond acceptors (Lipinski definition) is 2. The third-order valence-corrected chi connectivity index (χ3v) is 3.23. The molecule has 1 aromatic rings. The van der Waals surface area contributed by atoms with E-state index in [-0.39, 0.29) is 5.75 Å². The van der Waals surface area contributed by atoms with Crippen molar-refractivity contribution in [2.24, 2.45) is 5.92 Å². The summed E-state index contributed by atoms with van der Waals surface area (Å²) in [5, 5.41) is 3.28.